The van der Waals surface area contributed by atoms with Crippen LogP contribution in [0.4, 0.5) is 10.1 Å². The van der Waals surface area contributed by atoms with Gasteiger partial charge < -0.3 is 20.1 Å². The van der Waals surface area contributed by atoms with Crippen molar-refractivity contribution < 1.29 is 23.6 Å². The first-order valence-electron chi connectivity index (χ1n) is 6.57. The summed E-state index contributed by atoms with van der Waals surface area (Å²) in [6.07, 6.45) is 0. The molecule has 0 spiro atoms. The Hall–Kier alpha value is -2.26. The number of carbonyl (C=O) groups excluding carboxylic acids is 1. The largest absolute Gasteiger partial charge is 0.484 e. The van der Waals surface area contributed by atoms with Crippen LogP contribution in [-0.4, -0.2) is 50.8 Å². The maximum atomic E-state index is 13.3. The van der Waals surface area contributed by atoms with E-state index in [-0.39, 0.29) is 18.3 Å². The summed E-state index contributed by atoms with van der Waals surface area (Å²) in [7, 11) is 1.60. The molecular formula is C13H18FN3O5. The average Bonchev–Trinajstić information content (AvgIpc) is 2.48. The topological polar surface area (TPSA) is 103 Å². The molecule has 0 saturated heterocycles. The van der Waals surface area contributed by atoms with Gasteiger partial charge in [-0.2, -0.15) is 4.39 Å². The second-order valence-corrected chi connectivity index (χ2v) is 4.25. The maximum Gasteiger partial charge on any atom is 0.305 e. The van der Waals surface area contributed by atoms with Crippen molar-refractivity contribution in [2.45, 2.75) is 0 Å². The highest BCUT2D eigenvalue weighted by atomic mass is 19.1. The maximum absolute atomic E-state index is 13.3. The minimum absolute atomic E-state index is 0.0523. The molecule has 0 bridgehead atoms. The fourth-order valence-corrected chi connectivity index (χ4v) is 1.51. The second-order valence-electron chi connectivity index (χ2n) is 4.25. The van der Waals surface area contributed by atoms with Gasteiger partial charge in [-0.15, -0.1) is 0 Å². The molecule has 8 nitrogen and oxygen atoms in total. The van der Waals surface area contributed by atoms with Crippen molar-refractivity contribution >= 4 is 11.6 Å². The minimum Gasteiger partial charge on any atom is -0.484 e. The van der Waals surface area contributed by atoms with Gasteiger partial charge in [0.25, 0.3) is 5.91 Å². The molecule has 0 unspecified atom stereocenters. The number of methoxy groups -OCH3 is 1. The van der Waals surface area contributed by atoms with Crippen LogP contribution in [0.5, 0.6) is 5.75 Å². The van der Waals surface area contributed by atoms with Crippen LogP contribution in [0, 0.1) is 15.9 Å². The van der Waals surface area contributed by atoms with Gasteiger partial charge in [-0.05, 0) is 6.07 Å². The van der Waals surface area contributed by atoms with E-state index in [1.54, 1.807) is 7.11 Å². The van der Waals surface area contributed by atoms with E-state index >= 15 is 0 Å². The molecule has 2 N–H and O–H groups in total. The Balaban J connectivity index is 2.26. The van der Waals surface area contributed by atoms with Gasteiger partial charge in [0.05, 0.1) is 11.5 Å². The van der Waals surface area contributed by atoms with Crippen molar-refractivity contribution in [3.63, 3.8) is 0 Å². The van der Waals surface area contributed by atoms with Crippen molar-refractivity contribution in [2.75, 3.05) is 40.0 Å². The molecule has 1 aromatic rings. The lowest BCUT2D eigenvalue weighted by Crippen LogP contribution is -2.35. The number of nitro benzene ring substituents is 1. The van der Waals surface area contributed by atoms with E-state index in [9.17, 15) is 19.3 Å². The van der Waals surface area contributed by atoms with Gasteiger partial charge in [-0.1, -0.05) is 0 Å². The molecule has 22 heavy (non-hydrogen) atoms. The Bertz CT molecular complexity index is 512. The average molecular weight is 315 g/mol. The van der Waals surface area contributed by atoms with E-state index in [0.29, 0.717) is 26.2 Å². The Kier molecular flexibility index (Phi) is 7.79. The summed E-state index contributed by atoms with van der Waals surface area (Å²) in [6.45, 7) is 1.98. The monoisotopic (exact) mass is 315 g/mol. The highest BCUT2D eigenvalue weighted by Crippen LogP contribution is 2.22. The lowest BCUT2D eigenvalue weighted by atomic mass is 10.3. The van der Waals surface area contributed by atoms with Crippen molar-refractivity contribution in [2.24, 2.45) is 0 Å². The van der Waals surface area contributed by atoms with Crippen molar-refractivity contribution in [1.82, 2.24) is 10.6 Å². The van der Waals surface area contributed by atoms with Crippen LogP contribution < -0.4 is 15.4 Å². The highest BCUT2D eigenvalue weighted by molar-refractivity contribution is 5.77. The quantitative estimate of drug-likeness (QED) is 0.369. The SMILES string of the molecule is COCCNCCNC(=O)COc1ccc([N+](=O)[O-])c(F)c1. The standard InChI is InChI=1S/C13H18FN3O5/c1-21-7-6-15-4-5-16-13(18)9-22-10-2-3-12(17(19)20)11(14)8-10/h2-3,8,15H,4-7,9H2,1H3,(H,16,18). The van der Waals surface area contributed by atoms with E-state index in [0.717, 1.165) is 12.1 Å². The first kappa shape index (κ1) is 17.8. The molecule has 1 rings (SSSR count). The summed E-state index contributed by atoms with van der Waals surface area (Å²) < 4.78 is 23.2. The highest BCUT2D eigenvalue weighted by Gasteiger charge is 2.14. The number of hydrogen-bond acceptors (Lipinski definition) is 6. The Morgan fingerprint density at radius 1 is 1.36 bits per heavy atom. The molecule has 1 amide bonds. The van der Waals surface area contributed by atoms with Crippen LogP contribution in [-0.2, 0) is 9.53 Å². The van der Waals surface area contributed by atoms with Crippen LogP contribution in [0.25, 0.3) is 0 Å². The summed E-state index contributed by atoms with van der Waals surface area (Å²) in [5.74, 6) is -1.32. The van der Waals surface area contributed by atoms with Gasteiger partial charge in [-0.3, -0.25) is 14.9 Å². The number of benzene rings is 1. The fourth-order valence-electron chi connectivity index (χ4n) is 1.51. The molecule has 0 aliphatic rings. The third-order valence-electron chi connectivity index (χ3n) is 2.59. The summed E-state index contributed by atoms with van der Waals surface area (Å²) in [5.41, 5.74) is -0.640. The van der Waals surface area contributed by atoms with E-state index < -0.39 is 16.4 Å². The predicted molar refractivity (Wildman–Crippen MR) is 76.3 cm³/mol. The minimum atomic E-state index is -1.01. The molecule has 0 heterocycles. The summed E-state index contributed by atoms with van der Waals surface area (Å²) >= 11 is 0. The Morgan fingerprint density at radius 3 is 2.77 bits per heavy atom. The molecular weight excluding hydrogens is 297 g/mol. The first-order chi connectivity index (χ1) is 10.5. The number of nitrogens with zero attached hydrogens (tertiary/aromatic N) is 1. The molecule has 1 aromatic carbocycles. The van der Waals surface area contributed by atoms with Crippen LogP contribution in [0.15, 0.2) is 18.2 Å². The molecule has 0 aromatic heterocycles. The van der Waals surface area contributed by atoms with Crippen LogP contribution in [0.3, 0.4) is 0 Å². The van der Waals surface area contributed by atoms with Crippen molar-refractivity contribution in [1.29, 1.82) is 0 Å². The predicted octanol–water partition coefficient (Wildman–Crippen LogP) is 0.465. The normalized spacial score (nSPS) is 10.3. The number of hydrogen-bond donors (Lipinski definition) is 2. The number of halogens is 1. The summed E-state index contributed by atoms with van der Waals surface area (Å²) in [5, 5.41) is 16.1. The molecule has 122 valence electrons. The summed E-state index contributed by atoms with van der Waals surface area (Å²) in [4.78, 5) is 21.1. The van der Waals surface area contributed by atoms with Gasteiger partial charge in [0.2, 0.25) is 5.82 Å². The van der Waals surface area contributed by atoms with Gasteiger partial charge in [0.1, 0.15) is 5.75 Å². The molecule has 0 fully saturated rings. The second kappa shape index (κ2) is 9.64. The summed E-state index contributed by atoms with van der Waals surface area (Å²) in [6, 6.07) is 3.10. The lowest BCUT2D eigenvalue weighted by Gasteiger charge is -2.08. The molecule has 0 radical (unpaired) electrons. The van der Waals surface area contributed by atoms with Crippen molar-refractivity contribution in [3.8, 4) is 5.75 Å². The van der Waals surface area contributed by atoms with Gasteiger partial charge in [0.15, 0.2) is 6.61 Å². The third-order valence-corrected chi connectivity index (χ3v) is 2.59. The van der Waals surface area contributed by atoms with E-state index in [1.165, 1.54) is 6.07 Å². The Morgan fingerprint density at radius 2 is 2.14 bits per heavy atom. The van der Waals surface area contributed by atoms with Crippen LogP contribution in [0.2, 0.25) is 0 Å². The zero-order chi connectivity index (χ0) is 16.4. The van der Waals surface area contributed by atoms with Crippen molar-refractivity contribution in [3.05, 3.63) is 34.1 Å². The van der Waals surface area contributed by atoms with Gasteiger partial charge in [-0.25, -0.2) is 0 Å². The number of carbonyl (C=O) groups is 1. The zero-order valence-electron chi connectivity index (χ0n) is 12.1. The molecule has 0 aliphatic heterocycles. The van der Waals surface area contributed by atoms with E-state index in [1.807, 2.05) is 0 Å². The van der Waals surface area contributed by atoms with Crippen LogP contribution >= 0.6 is 0 Å². The zero-order valence-corrected chi connectivity index (χ0v) is 12.1. The van der Waals surface area contributed by atoms with E-state index in [4.69, 9.17) is 9.47 Å². The van der Waals surface area contributed by atoms with Gasteiger partial charge >= 0.3 is 5.69 Å². The lowest BCUT2D eigenvalue weighted by molar-refractivity contribution is -0.387. The molecule has 9 heteroatoms. The number of nitrogens with one attached hydrogen (secondary N) is 2. The number of rotatable bonds is 10. The first-order valence-corrected chi connectivity index (χ1v) is 6.57. The smallest absolute Gasteiger partial charge is 0.305 e. The third kappa shape index (κ3) is 6.46. The Labute approximate surface area is 126 Å². The number of amides is 1. The molecule has 0 atom stereocenters. The van der Waals surface area contributed by atoms with E-state index in [2.05, 4.69) is 10.6 Å². The number of nitro groups is 1. The van der Waals surface area contributed by atoms with Gasteiger partial charge in [0, 0.05) is 38.9 Å². The fraction of sp³-hybridized carbons (Fsp3) is 0.462. The molecule has 0 aliphatic carbocycles. The van der Waals surface area contributed by atoms with Crippen LogP contribution in [0.1, 0.15) is 0 Å². The number of ether oxygens (including phenoxy) is 2. The molecule has 0 saturated carbocycles.